The first kappa shape index (κ1) is 17.9. The van der Waals surface area contributed by atoms with Crippen LogP contribution in [0.2, 0.25) is 0 Å². The Labute approximate surface area is 152 Å². The Morgan fingerprint density at radius 1 is 1.27 bits per heavy atom. The fraction of sp³-hybridized carbons (Fsp3) is 0.444. The lowest BCUT2D eigenvalue weighted by Gasteiger charge is -2.20. The minimum Gasteiger partial charge on any atom is -0.459 e. The van der Waals surface area contributed by atoms with E-state index in [0.29, 0.717) is 36.1 Å². The number of likely N-dealkylation sites (tertiary alicyclic amines) is 1. The van der Waals surface area contributed by atoms with Crippen molar-refractivity contribution in [3.05, 3.63) is 41.6 Å². The van der Waals surface area contributed by atoms with Crippen molar-refractivity contribution in [3.8, 4) is 0 Å². The second-order valence-corrected chi connectivity index (χ2v) is 6.78. The van der Waals surface area contributed by atoms with E-state index in [0.717, 1.165) is 6.42 Å². The van der Waals surface area contributed by atoms with Crippen molar-refractivity contribution in [2.24, 2.45) is 0 Å². The van der Waals surface area contributed by atoms with Crippen LogP contribution in [0.15, 0.2) is 29.0 Å². The average Bonchev–Trinajstić information content (AvgIpc) is 3.31. The number of hydrogen-bond acceptors (Lipinski definition) is 6. The maximum Gasteiger partial charge on any atom is 0.289 e. The molecule has 1 atom stereocenters. The van der Waals surface area contributed by atoms with Gasteiger partial charge in [0.15, 0.2) is 5.76 Å². The maximum absolute atomic E-state index is 12.5. The second-order valence-electron chi connectivity index (χ2n) is 6.78. The summed E-state index contributed by atoms with van der Waals surface area (Å²) in [6.07, 6.45) is 3.81. The fourth-order valence-electron chi connectivity index (χ4n) is 3.04. The highest BCUT2D eigenvalue weighted by Gasteiger charge is 2.33. The van der Waals surface area contributed by atoms with Crippen molar-refractivity contribution < 1.29 is 14.0 Å². The third kappa shape index (κ3) is 3.40. The van der Waals surface area contributed by atoms with Gasteiger partial charge in [0.1, 0.15) is 0 Å². The van der Waals surface area contributed by atoms with E-state index in [1.54, 1.807) is 42.2 Å². The van der Waals surface area contributed by atoms with E-state index < -0.39 is 0 Å². The molecule has 3 heterocycles. The Hall–Kier alpha value is -2.90. The van der Waals surface area contributed by atoms with Crippen LogP contribution in [-0.2, 0) is 0 Å². The molecule has 0 bridgehead atoms. The number of furan rings is 1. The lowest BCUT2D eigenvalue weighted by Crippen LogP contribution is -2.29. The number of aromatic nitrogens is 2. The number of nitrogens with zero attached hydrogens (tertiary/aromatic N) is 5. The molecule has 8 nitrogen and oxygen atoms in total. The third-order valence-electron chi connectivity index (χ3n) is 4.44. The molecule has 1 aliphatic rings. The molecule has 2 aromatic rings. The van der Waals surface area contributed by atoms with Gasteiger partial charge < -0.3 is 19.1 Å². The van der Waals surface area contributed by atoms with Crippen LogP contribution < -0.4 is 4.90 Å². The third-order valence-corrected chi connectivity index (χ3v) is 4.44. The molecule has 2 amide bonds. The van der Waals surface area contributed by atoms with Crippen LogP contribution in [0, 0.1) is 0 Å². The molecule has 3 rings (SSSR count). The number of rotatable bonds is 4. The van der Waals surface area contributed by atoms with E-state index in [9.17, 15) is 9.59 Å². The molecule has 0 aromatic carbocycles. The highest BCUT2D eigenvalue weighted by molar-refractivity contribution is 5.95. The average molecular weight is 357 g/mol. The van der Waals surface area contributed by atoms with E-state index in [1.807, 2.05) is 14.1 Å². The summed E-state index contributed by atoms with van der Waals surface area (Å²) >= 11 is 0. The lowest BCUT2D eigenvalue weighted by atomic mass is 9.99. The topological polar surface area (TPSA) is 82.8 Å². The van der Waals surface area contributed by atoms with Crippen LogP contribution in [0.1, 0.15) is 38.9 Å². The van der Waals surface area contributed by atoms with Crippen LogP contribution in [0.4, 0.5) is 5.95 Å². The number of carbonyl (C=O) groups excluding carboxylic acids is 2. The van der Waals surface area contributed by atoms with Gasteiger partial charge in [0, 0.05) is 53.4 Å². The number of amides is 2. The molecule has 0 N–H and O–H groups in total. The van der Waals surface area contributed by atoms with Gasteiger partial charge in [0.25, 0.3) is 11.8 Å². The Kier molecular flexibility index (Phi) is 4.92. The minimum absolute atomic E-state index is 0.0190. The highest BCUT2D eigenvalue weighted by atomic mass is 16.3. The first-order valence-corrected chi connectivity index (χ1v) is 8.47. The summed E-state index contributed by atoms with van der Waals surface area (Å²) in [5, 5.41) is 0. The number of hydrogen-bond donors (Lipinski definition) is 0. The molecular weight excluding hydrogens is 334 g/mol. The number of anilines is 1. The van der Waals surface area contributed by atoms with E-state index in [1.165, 1.54) is 11.2 Å². The predicted octanol–water partition coefficient (Wildman–Crippen LogP) is 1.47. The summed E-state index contributed by atoms with van der Waals surface area (Å²) in [6, 6.07) is 3.36. The van der Waals surface area contributed by atoms with Gasteiger partial charge in [-0.2, -0.15) is 0 Å². The molecule has 1 aliphatic heterocycles. The molecule has 0 spiro atoms. The van der Waals surface area contributed by atoms with Crippen molar-refractivity contribution in [3.63, 3.8) is 0 Å². The van der Waals surface area contributed by atoms with Gasteiger partial charge in [-0.15, -0.1) is 0 Å². The molecular formula is C18H23N5O3. The number of carbonyl (C=O) groups is 2. The van der Waals surface area contributed by atoms with Crippen molar-refractivity contribution in [2.75, 3.05) is 46.2 Å². The Bertz CT molecular complexity index is 801. The second kappa shape index (κ2) is 7.15. The SMILES string of the molecule is CN(C)C(=O)c1cnc(N(C)C)nc1C1CCN(C(=O)c2ccco2)C1. The van der Waals surface area contributed by atoms with Crippen molar-refractivity contribution in [2.45, 2.75) is 12.3 Å². The van der Waals surface area contributed by atoms with Gasteiger partial charge in [-0.25, -0.2) is 9.97 Å². The fourth-order valence-corrected chi connectivity index (χ4v) is 3.04. The van der Waals surface area contributed by atoms with Crippen molar-refractivity contribution in [1.29, 1.82) is 0 Å². The summed E-state index contributed by atoms with van der Waals surface area (Å²) in [4.78, 5) is 39.0. The van der Waals surface area contributed by atoms with E-state index >= 15 is 0 Å². The first-order chi connectivity index (χ1) is 12.4. The standard InChI is InChI=1S/C18H23N5O3/c1-21(2)16(24)13-10-19-18(22(3)4)20-15(13)12-7-8-23(11-12)17(25)14-6-5-9-26-14/h5-6,9-10,12H,7-8,11H2,1-4H3. The first-order valence-electron chi connectivity index (χ1n) is 8.47. The van der Waals surface area contributed by atoms with Crippen LogP contribution in [0.25, 0.3) is 0 Å². The zero-order chi connectivity index (χ0) is 18.8. The Morgan fingerprint density at radius 3 is 2.65 bits per heavy atom. The largest absolute Gasteiger partial charge is 0.459 e. The van der Waals surface area contributed by atoms with Crippen LogP contribution in [0.5, 0.6) is 0 Å². The Balaban J connectivity index is 1.89. The molecule has 1 saturated heterocycles. The summed E-state index contributed by atoms with van der Waals surface area (Å²) in [6.45, 7) is 1.10. The summed E-state index contributed by atoms with van der Waals surface area (Å²) in [5.74, 6) is 0.577. The summed E-state index contributed by atoms with van der Waals surface area (Å²) in [7, 11) is 7.11. The maximum atomic E-state index is 12.5. The van der Waals surface area contributed by atoms with Gasteiger partial charge in [-0.3, -0.25) is 9.59 Å². The van der Waals surface area contributed by atoms with E-state index in [4.69, 9.17) is 4.42 Å². The minimum atomic E-state index is -0.139. The molecule has 1 fully saturated rings. The van der Waals surface area contributed by atoms with Crippen LogP contribution in [-0.4, -0.2) is 72.9 Å². The normalized spacial score (nSPS) is 16.6. The van der Waals surface area contributed by atoms with E-state index in [2.05, 4.69) is 9.97 Å². The van der Waals surface area contributed by atoms with Gasteiger partial charge >= 0.3 is 0 Å². The van der Waals surface area contributed by atoms with E-state index in [-0.39, 0.29) is 17.7 Å². The molecule has 2 aromatic heterocycles. The van der Waals surface area contributed by atoms with Gasteiger partial charge in [0.2, 0.25) is 5.95 Å². The molecule has 138 valence electrons. The van der Waals surface area contributed by atoms with Gasteiger partial charge in [-0.1, -0.05) is 0 Å². The zero-order valence-corrected chi connectivity index (χ0v) is 15.5. The molecule has 8 heteroatoms. The molecule has 0 radical (unpaired) electrons. The molecule has 1 unspecified atom stereocenters. The van der Waals surface area contributed by atoms with Crippen molar-refractivity contribution >= 4 is 17.8 Å². The van der Waals surface area contributed by atoms with Crippen molar-refractivity contribution in [1.82, 2.24) is 19.8 Å². The Morgan fingerprint density at radius 2 is 2.04 bits per heavy atom. The lowest BCUT2D eigenvalue weighted by molar-refractivity contribution is 0.0759. The summed E-state index contributed by atoms with van der Waals surface area (Å²) in [5.41, 5.74) is 1.18. The zero-order valence-electron chi connectivity index (χ0n) is 15.5. The van der Waals surface area contributed by atoms with Crippen LogP contribution >= 0.6 is 0 Å². The smallest absolute Gasteiger partial charge is 0.289 e. The monoisotopic (exact) mass is 357 g/mol. The van der Waals surface area contributed by atoms with Gasteiger partial charge in [-0.05, 0) is 18.6 Å². The van der Waals surface area contributed by atoms with Crippen LogP contribution in [0.3, 0.4) is 0 Å². The predicted molar refractivity (Wildman–Crippen MR) is 96.3 cm³/mol. The summed E-state index contributed by atoms with van der Waals surface area (Å²) < 4.78 is 5.21. The highest BCUT2D eigenvalue weighted by Crippen LogP contribution is 2.30. The molecule has 26 heavy (non-hydrogen) atoms. The quantitative estimate of drug-likeness (QED) is 0.824. The molecule has 0 aliphatic carbocycles. The van der Waals surface area contributed by atoms with Gasteiger partial charge in [0.05, 0.1) is 17.5 Å². The molecule has 0 saturated carbocycles.